The van der Waals surface area contributed by atoms with E-state index in [0.29, 0.717) is 47.4 Å². The molecule has 11 heteroatoms. The molecule has 3 heterocycles. The molecule has 2 fully saturated rings. The van der Waals surface area contributed by atoms with Crippen molar-refractivity contribution in [3.05, 3.63) is 53.0 Å². The molecule has 1 saturated carbocycles. The van der Waals surface area contributed by atoms with Gasteiger partial charge in [-0.15, -0.1) is 0 Å². The smallest absolute Gasteiger partial charge is 0.399 e. The van der Waals surface area contributed by atoms with Gasteiger partial charge < -0.3 is 16.0 Å². The van der Waals surface area contributed by atoms with Crippen LogP contribution >= 0.6 is 0 Å². The van der Waals surface area contributed by atoms with Gasteiger partial charge in [-0.2, -0.15) is 18.3 Å². The fourth-order valence-electron chi connectivity index (χ4n) is 4.59. The number of rotatable bonds is 5. The second-order valence-electron chi connectivity index (χ2n) is 9.40. The molecule has 186 valence electrons. The first kappa shape index (κ1) is 23.4. The molecule has 1 atom stereocenters. The van der Waals surface area contributed by atoms with E-state index in [1.165, 1.54) is 18.9 Å². The fraction of sp³-hybridized carbons (Fsp3) is 0.458. The summed E-state index contributed by atoms with van der Waals surface area (Å²) in [6.45, 7) is 6.60. The molecule has 35 heavy (non-hydrogen) atoms. The number of amides is 1. The Morgan fingerprint density at radius 2 is 1.86 bits per heavy atom. The Hall–Kier alpha value is -3.34. The zero-order valence-electron chi connectivity index (χ0n) is 19.6. The van der Waals surface area contributed by atoms with E-state index >= 15 is 0 Å². The molecular weight excluding hydrogens is 459 g/mol. The molecule has 1 saturated heterocycles. The Labute approximate surface area is 200 Å². The molecule has 2 aromatic heterocycles. The maximum Gasteiger partial charge on any atom is 0.416 e. The predicted molar refractivity (Wildman–Crippen MR) is 126 cm³/mol. The third kappa shape index (κ3) is 4.90. The van der Waals surface area contributed by atoms with E-state index in [0.717, 1.165) is 25.2 Å². The van der Waals surface area contributed by atoms with Crippen LogP contribution in [0.15, 0.2) is 30.5 Å². The number of carbonyl (C=O) groups excluding carboxylic acids is 1. The summed E-state index contributed by atoms with van der Waals surface area (Å²) in [6.07, 6.45) is -0.291. The highest BCUT2D eigenvalue weighted by molar-refractivity contribution is 5.94. The summed E-state index contributed by atoms with van der Waals surface area (Å²) in [5.74, 6) is 0.296. The molecule has 0 radical (unpaired) electrons. The van der Waals surface area contributed by atoms with Gasteiger partial charge in [0.1, 0.15) is 5.52 Å². The number of hydrogen-bond acceptors (Lipinski definition) is 6. The second-order valence-corrected chi connectivity index (χ2v) is 9.40. The molecule has 0 spiro atoms. The van der Waals surface area contributed by atoms with E-state index in [-0.39, 0.29) is 11.6 Å². The van der Waals surface area contributed by atoms with Crippen molar-refractivity contribution < 1.29 is 18.0 Å². The number of piperazine rings is 1. The highest BCUT2D eigenvalue weighted by Gasteiger charge is 2.33. The van der Waals surface area contributed by atoms with Crippen LogP contribution in [0.4, 0.5) is 24.7 Å². The standard InChI is InChI=1S/C24H28F3N7O/c1-14-13-34-21(12-20(31-34)23(35)33-7-5-32(6-8-33)19-3-4-19)22(29-14)30-15(2)16-9-17(24(25,26)27)11-18(28)10-16/h9-13,15,19H,3-8,28H2,1-2H3,(H,29,30)/t15-/m1/s1. The number of alkyl halides is 3. The topological polar surface area (TPSA) is 91.8 Å². The number of hydrogen-bond donors (Lipinski definition) is 2. The van der Waals surface area contributed by atoms with Gasteiger partial charge >= 0.3 is 6.18 Å². The quantitative estimate of drug-likeness (QED) is 0.533. The van der Waals surface area contributed by atoms with Gasteiger partial charge in [0.2, 0.25) is 0 Å². The Kier molecular flexibility index (Phi) is 5.82. The average Bonchev–Trinajstić information content (AvgIpc) is 3.56. The van der Waals surface area contributed by atoms with Crippen LogP contribution in [0.25, 0.3) is 5.52 Å². The van der Waals surface area contributed by atoms with Crippen LogP contribution in [0.5, 0.6) is 0 Å². The van der Waals surface area contributed by atoms with Gasteiger partial charge in [0.25, 0.3) is 5.91 Å². The Morgan fingerprint density at radius 1 is 1.14 bits per heavy atom. The number of benzene rings is 1. The molecule has 5 rings (SSSR count). The van der Waals surface area contributed by atoms with Crippen molar-refractivity contribution in [1.29, 1.82) is 0 Å². The Morgan fingerprint density at radius 3 is 2.51 bits per heavy atom. The first-order valence-corrected chi connectivity index (χ1v) is 11.7. The third-order valence-electron chi connectivity index (χ3n) is 6.62. The third-order valence-corrected chi connectivity index (χ3v) is 6.62. The number of halogens is 3. The summed E-state index contributed by atoms with van der Waals surface area (Å²) in [5.41, 5.74) is 6.88. The summed E-state index contributed by atoms with van der Waals surface area (Å²) in [7, 11) is 0. The zero-order chi connectivity index (χ0) is 24.9. The van der Waals surface area contributed by atoms with Crippen molar-refractivity contribution in [2.45, 2.75) is 44.9 Å². The van der Waals surface area contributed by atoms with E-state index in [1.54, 1.807) is 30.6 Å². The van der Waals surface area contributed by atoms with Crippen LogP contribution in [0.3, 0.4) is 0 Å². The van der Waals surface area contributed by atoms with Gasteiger partial charge in [0, 0.05) is 44.0 Å². The fourth-order valence-corrected chi connectivity index (χ4v) is 4.59. The van der Waals surface area contributed by atoms with E-state index in [1.807, 2.05) is 4.90 Å². The summed E-state index contributed by atoms with van der Waals surface area (Å²) in [6, 6.07) is 5.33. The number of nitrogens with one attached hydrogen (secondary N) is 1. The lowest BCUT2D eigenvalue weighted by atomic mass is 10.0. The highest BCUT2D eigenvalue weighted by atomic mass is 19.4. The van der Waals surface area contributed by atoms with Crippen LogP contribution in [0.1, 0.15) is 53.1 Å². The molecule has 2 aliphatic rings. The lowest BCUT2D eigenvalue weighted by molar-refractivity contribution is -0.137. The van der Waals surface area contributed by atoms with E-state index in [2.05, 4.69) is 20.3 Å². The van der Waals surface area contributed by atoms with Gasteiger partial charge in [-0.25, -0.2) is 9.50 Å². The van der Waals surface area contributed by atoms with Gasteiger partial charge in [-0.3, -0.25) is 9.69 Å². The van der Waals surface area contributed by atoms with Crippen LogP contribution < -0.4 is 11.1 Å². The number of anilines is 2. The largest absolute Gasteiger partial charge is 0.416 e. The maximum atomic E-state index is 13.3. The Balaban J connectivity index is 1.38. The minimum atomic E-state index is -4.50. The summed E-state index contributed by atoms with van der Waals surface area (Å²) in [5, 5.41) is 7.66. The molecular formula is C24H28F3N7O. The number of aromatic nitrogens is 3. The number of aryl methyl sites for hydroxylation is 1. The van der Waals surface area contributed by atoms with Crippen LogP contribution in [0, 0.1) is 6.92 Å². The molecule has 3 aromatic rings. The number of carbonyl (C=O) groups is 1. The molecule has 1 aliphatic heterocycles. The van der Waals surface area contributed by atoms with Crippen molar-refractivity contribution in [2.75, 3.05) is 37.2 Å². The molecule has 3 N–H and O–H groups in total. The van der Waals surface area contributed by atoms with Crippen molar-refractivity contribution >= 4 is 22.9 Å². The van der Waals surface area contributed by atoms with E-state index in [4.69, 9.17) is 5.73 Å². The van der Waals surface area contributed by atoms with Crippen LogP contribution in [-0.2, 0) is 6.18 Å². The van der Waals surface area contributed by atoms with Crippen molar-refractivity contribution in [3.8, 4) is 0 Å². The highest BCUT2D eigenvalue weighted by Crippen LogP contribution is 2.34. The monoisotopic (exact) mass is 487 g/mol. The summed E-state index contributed by atoms with van der Waals surface area (Å²) < 4.78 is 41.4. The molecule has 0 unspecified atom stereocenters. The summed E-state index contributed by atoms with van der Waals surface area (Å²) >= 11 is 0. The van der Waals surface area contributed by atoms with Gasteiger partial charge in [0.05, 0.1) is 23.5 Å². The van der Waals surface area contributed by atoms with Crippen LogP contribution in [0.2, 0.25) is 0 Å². The van der Waals surface area contributed by atoms with E-state index in [9.17, 15) is 18.0 Å². The maximum absolute atomic E-state index is 13.3. The minimum Gasteiger partial charge on any atom is -0.399 e. The summed E-state index contributed by atoms with van der Waals surface area (Å²) in [4.78, 5) is 21.9. The molecule has 8 nitrogen and oxygen atoms in total. The molecule has 1 amide bonds. The minimum absolute atomic E-state index is 0.0323. The molecule has 1 aromatic carbocycles. The molecule has 0 bridgehead atoms. The van der Waals surface area contributed by atoms with Gasteiger partial charge in [-0.05, 0) is 50.5 Å². The first-order chi connectivity index (χ1) is 16.6. The van der Waals surface area contributed by atoms with Gasteiger partial charge in [0.15, 0.2) is 11.5 Å². The molecule has 1 aliphatic carbocycles. The first-order valence-electron chi connectivity index (χ1n) is 11.7. The number of nitrogens with two attached hydrogens (primary N) is 1. The predicted octanol–water partition coefficient (Wildman–Crippen LogP) is 3.73. The van der Waals surface area contributed by atoms with Crippen molar-refractivity contribution in [2.24, 2.45) is 0 Å². The average molecular weight is 488 g/mol. The van der Waals surface area contributed by atoms with Crippen molar-refractivity contribution in [1.82, 2.24) is 24.4 Å². The normalized spacial score (nSPS) is 18.1. The Bertz CT molecular complexity index is 1260. The van der Waals surface area contributed by atoms with Gasteiger partial charge in [-0.1, -0.05) is 0 Å². The second kappa shape index (κ2) is 8.71. The number of nitrogen functional groups attached to an aromatic ring is 1. The number of fused-ring (bicyclic) bond motifs is 1. The van der Waals surface area contributed by atoms with Crippen molar-refractivity contribution in [3.63, 3.8) is 0 Å². The van der Waals surface area contributed by atoms with E-state index < -0.39 is 17.8 Å². The lowest BCUT2D eigenvalue weighted by Gasteiger charge is -2.34. The SMILES string of the molecule is Cc1cn2nc(C(=O)N3CCN(C4CC4)CC3)cc2c(N[C@H](C)c2cc(N)cc(C(F)(F)F)c2)n1. The zero-order valence-corrected chi connectivity index (χ0v) is 19.6. The number of nitrogens with zero attached hydrogens (tertiary/aromatic N) is 5. The lowest BCUT2D eigenvalue weighted by Crippen LogP contribution is -2.49. The van der Waals surface area contributed by atoms with Crippen LogP contribution in [-0.4, -0.2) is 62.5 Å².